The van der Waals surface area contributed by atoms with Crippen LogP contribution in [-0.4, -0.2) is 26.1 Å². The maximum Gasteiger partial charge on any atom is 0.190 e. The molecule has 1 aliphatic heterocycles. The van der Waals surface area contributed by atoms with Crippen LogP contribution in [0.5, 0.6) is 5.75 Å². The predicted molar refractivity (Wildman–Crippen MR) is 154 cm³/mol. The van der Waals surface area contributed by atoms with Gasteiger partial charge in [-0.25, -0.2) is 22.0 Å². The van der Waals surface area contributed by atoms with E-state index < -0.39 is 41.1 Å². The van der Waals surface area contributed by atoms with Crippen LogP contribution in [0.15, 0.2) is 73.1 Å². The van der Waals surface area contributed by atoms with Gasteiger partial charge in [-0.2, -0.15) is 0 Å². The number of hydrogen-bond acceptors (Lipinski definition) is 3. The van der Waals surface area contributed by atoms with Gasteiger partial charge < -0.3 is 14.2 Å². The Morgan fingerprint density at radius 3 is 2.26 bits per heavy atom. The quantitative estimate of drug-likeness (QED) is 0.113. The number of hydrogen-bond donors (Lipinski definition) is 0. The van der Waals surface area contributed by atoms with E-state index in [9.17, 15) is 22.0 Å². The van der Waals surface area contributed by atoms with Gasteiger partial charge in [0.2, 0.25) is 0 Å². The van der Waals surface area contributed by atoms with Crippen molar-refractivity contribution in [3.63, 3.8) is 0 Å². The molecule has 224 valence electrons. The summed E-state index contributed by atoms with van der Waals surface area (Å²) in [6.07, 6.45) is 3.85. The fourth-order valence-electron chi connectivity index (χ4n) is 4.70. The first-order valence-electron chi connectivity index (χ1n) is 14.2. The SMILES string of the molecule is C=CCC/C(F)=C(\F)c1ccc(C2COC(CCc3ccc(-c4cc(F)c(OCCCC)c(F)c4)c(F)c3)OC2)cc1. The van der Waals surface area contributed by atoms with Crippen LogP contribution in [0.25, 0.3) is 17.0 Å². The van der Waals surface area contributed by atoms with Gasteiger partial charge in [0.25, 0.3) is 0 Å². The normalized spacial score (nSPS) is 17.6. The number of rotatable bonds is 13. The summed E-state index contributed by atoms with van der Waals surface area (Å²) in [5, 5.41) is 0. The van der Waals surface area contributed by atoms with Gasteiger partial charge >= 0.3 is 0 Å². The molecule has 0 saturated carbocycles. The highest BCUT2D eigenvalue weighted by atomic mass is 19.2. The zero-order valence-corrected chi connectivity index (χ0v) is 23.6. The summed E-state index contributed by atoms with van der Waals surface area (Å²) in [4.78, 5) is 0. The molecule has 8 heteroatoms. The van der Waals surface area contributed by atoms with Crippen LogP contribution >= 0.6 is 0 Å². The summed E-state index contributed by atoms with van der Waals surface area (Å²) in [6, 6.07) is 13.3. The van der Waals surface area contributed by atoms with Crippen molar-refractivity contribution >= 4 is 5.83 Å². The lowest BCUT2D eigenvalue weighted by atomic mass is 9.98. The molecule has 0 bridgehead atoms. The van der Waals surface area contributed by atoms with Crippen molar-refractivity contribution in [3.05, 3.63) is 107 Å². The van der Waals surface area contributed by atoms with Crippen LogP contribution in [0.1, 0.15) is 61.6 Å². The van der Waals surface area contributed by atoms with Gasteiger partial charge in [0.1, 0.15) is 11.6 Å². The van der Waals surface area contributed by atoms with Crippen LogP contribution in [0.4, 0.5) is 22.0 Å². The standard InChI is InChI=1S/C34H35F5O3/c1-3-5-7-28(35)33(39)24-12-10-23(11-13-24)26-20-41-32(42-21-26)15-9-22-8-14-27(29(36)17-22)25-18-30(37)34(31(38)19-25)40-16-6-4-2/h3,8,10-14,17-19,26,32H,1,4-7,9,15-16,20-21H2,2H3/b33-28+. The molecule has 0 aliphatic carbocycles. The number of benzene rings is 3. The molecule has 1 aliphatic rings. The van der Waals surface area contributed by atoms with E-state index in [2.05, 4.69) is 6.58 Å². The van der Waals surface area contributed by atoms with E-state index in [-0.39, 0.29) is 35.6 Å². The zero-order chi connectivity index (χ0) is 30.1. The lowest BCUT2D eigenvalue weighted by molar-refractivity contribution is -0.189. The molecule has 0 aromatic heterocycles. The van der Waals surface area contributed by atoms with Crippen LogP contribution in [0, 0.1) is 17.5 Å². The Kier molecular flexibility index (Phi) is 11.3. The Labute approximate surface area is 243 Å². The van der Waals surface area contributed by atoms with Gasteiger partial charge in [-0.1, -0.05) is 55.8 Å². The number of aryl methyl sites for hydroxylation is 1. The van der Waals surface area contributed by atoms with E-state index in [0.29, 0.717) is 44.5 Å². The number of ether oxygens (including phenoxy) is 3. The van der Waals surface area contributed by atoms with Gasteiger partial charge in [-0.3, -0.25) is 0 Å². The highest BCUT2D eigenvalue weighted by molar-refractivity contribution is 5.66. The van der Waals surface area contributed by atoms with E-state index in [1.165, 1.54) is 12.1 Å². The van der Waals surface area contributed by atoms with Crippen molar-refractivity contribution < 1.29 is 36.2 Å². The Bertz CT molecular complexity index is 1360. The molecule has 0 unspecified atom stereocenters. The summed E-state index contributed by atoms with van der Waals surface area (Å²) in [7, 11) is 0. The van der Waals surface area contributed by atoms with Gasteiger partial charge in [0.05, 0.1) is 19.8 Å². The number of allylic oxidation sites excluding steroid dienone is 2. The molecule has 4 rings (SSSR count). The molecule has 3 aromatic carbocycles. The monoisotopic (exact) mass is 586 g/mol. The third kappa shape index (κ3) is 8.07. The van der Waals surface area contributed by atoms with Gasteiger partial charge in [-0.05, 0) is 54.2 Å². The molecule has 0 amide bonds. The lowest BCUT2D eigenvalue weighted by Crippen LogP contribution is -2.31. The molecule has 3 aromatic rings. The Morgan fingerprint density at radius 2 is 1.64 bits per heavy atom. The molecule has 0 radical (unpaired) electrons. The number of unbranched alkanes of at least 4 members (excludes halogenated alkanes) is 1. The summed E-state index contributed by atoms with van der Waals surface area (Å²) in [6.45, 7) is 6.44. The highest BCUT2D eigenvalue weighted by Gasteiger charge is 2.24. The maximum absolute atomic E-state index is 14.9. The summed E-state index contributed by atoms with van der Waals surface area (Å²) in [5.74, 6) is -4.51. The third-order valence-electron chi connectivity index (χ3n) is 7.16. The fraction of sp³-hybridized carbons (Fsp3) is 0.353. The Hall–Kier alpha value is -3.49. The Morgan fingerprint density at radius 1 is 0.952 bits per heavy atom. The van der Waals surface area contributed by atoms with Crippen molar-refractivity contribution in [1.82, 2.24) is 0 Å². The van der Waals surface area contributed by atoms with Gasteiger partial charge in [-0.15, -0.1) is 6.58 Å². The topological polar surface area (TPSA) is 27.7 Å². The van der Waals surface area contributed by atoms with Crippen LogP contribution in [0.2, 0.25) is 0 Å². The molecular weight excluding hydrogens is 551 g/mol. The first-order chi connectivity index (χ1) is 20.3. The first-order valence-corrected chi connectivity index (χ1v) is 14.2. The molecule has 1 fully saturated rings. The van der Waals surface area contributed by atoms with E-state index in [4.69, 9.17) is 14.2 Å². The van der Waals surface area contributed by atoms with Crippen molar-refractivity contribution in [2.45, 2.75) is 57.7 Å². The smallest absolute Gasteiger partial charge is 0.190 e. The van der Waals surface area contributed by atoms with Crippen molar-refractivity contribution in [2.75, 3.05) is 19.8 Å². The summed E-state index contributed by atoms with van der Waals surface area (Å²) >= 11 is 0. The van der Waals surface area contributed by atoms with Crippen molar-refractivity contribution in [2.24, 2.45) is 0 Å². The third-order valence-corrected chi connectivity index (χ3v) is 7.16. The minimum atomic E-state index is -0.873. The maximum atomic E-state index is 14.9. The molecule has 3 nitrogen and oxygen atoms in total. The van der Waals surface area contributed by atoms with Gasteiger partial charge in [0, 0.05) is 29.9 Å². The van der Waals surface area contributed by atoms with E-state index in [1.54, 1.807) is 36.4 Å². The average molecular weight is 587 g/mol. The van der Waals surface area contributed by atoms with Crippen molar-refractivity contribution in [1.29, 1.82) is 0 Å². The fourth-order valence-corrected chi connectivity index (χ4v) is 4.70. The molecular formula is C34H35F5O3. The second-order valence-electron chi connectivity index (χ2n) is 10.3. The average Bonchev–Trinajstić information content (AvgIpc) is 3.00. The zero-order valence-electron chi connectivity index (χ0n) is 23.6. The van der Waals surface area contributed by atoms with E-state index in [1.807, 2.05) is 6.92 Å². The molecule has 42 heavy (non-hydrogen) atoms. The molecule has 0 spiro atoms. The minimum absolute atomic E-state index is 0.0254. The molecule has 0 N–H and O–H groups in total. The summed E-state index contributed by atoms with van der Waals surface area (Å²) in [5.41, 5.74) is 1.94. The van der Waals surface area contributed by atoms with Crippen molar-refractivity contribution in [3.8, 4) is 16.9 Å². The lowest BCUT2D eigenvalue weighted by Gasteiger charge is -2.30. The highest BCUT2D eigenvalue weighted by Crippen LogP contribution is 2.32. The van der Waals surface area contributed by atoms with Gasteiger partial charge in [0.15, 0.2) is 29.5 Å². The predicted octanol–water partition coefficient (Wildman–Crippen LogP) is 9.61. The summed E-state index contributed by atoms with van der Waals surface area (Å²) < 4.78 is 89.0. The van der Waals surface area contributed by atoms with Crippen LogP contribution in [0.3, 0.4) is 0 Å². The molecule has 0 atom stereocenters. The van der Waals surface area contributed by atoms with E-state index in [0.717, 1.165) is 24.1 Å². The number of halogens is 5. The Balaban J connectivity index is 1.29. The largest absolute Gasteiger partial charge is 0.488 e. The van der Waals surface area contributed by atoms with E-state index >= 15 is 0 Å². The van der Waals surface area contributed by atoms with Crippen LogP contribution in [-0.2, 0) is 15.9 Å². The minimum Gasteiger partial charge on any atom is -0.488 e. The molecule has 1 saturated heterocycles. The first kappa shape index (κ1) is 31.4. The molecule has 1 heterocycles. The second-order valence-corrected chi connectivity index (χ2v) is 10.3. The second kappa shape index (κ2) is 15.1. The van der Waals surface area contributed by atoms with Crippen LogP contribution < -0.4 is 4.74 Å².